The van der Waals surface area contributed by atoms with Crippen LogP contribution in [0.25, 0.3) is 5.95 Å². The van der Waals surface area contributed by atoms with Gasteiger partial charge in [0.15, 0.2) is 17.4 Å². The molecule has 2 aromatic carbocycles. The van der Waals surface area contributed by atoms with Crippen molar-refractivity contribution in [1.29, 1.82) is 5.41 Å². The van der Waals surface area contributed by atoms with Crippen LogP contribution in [0.4, 0.5) is 10.1 Å². The molecule has 2 aromatic heterocycles. The number of methoxy groups -OCH3 is 1. The number of hydrogen-bond acceptors (Lipinski definition) is 8. The first-order valence-electron chi connectivity index (χ1n) is 11.0. The zero-order chi connectivity index (χ0) is 25.7. The average Bonchev–Trinajstić information content (AvgIpc) is 3.26. The van der Waals surface area contributed by atoms with Gasteiger partial charge in [0.25, 0.3) is 5.95 Å². The summed E-state index contributed by atoms with van der Waals surface area (Å²) in [5, 5.41) is 15.2. The van der Waals surface area contributed by atoms with Crippen molar-refractivity contribution < 1.29 is 13.9 Å². The first-order valence-corrected chi connectivity index (χ1v) is 11.0. The number of nitrogens with two attached hydrogens (primary N) is 1. The largest absolute Gasteiger partial charge is 0.488 e. The summed E-state index contributed by atoms with van der Waals surface area (Å²) in [5.74, 6) is -0.431. The molecule has 0 spiro atoms. The highest BCUT2D eigenvalue weighted by molar-refractivity contribution is 5.95. The second kappa shape index (κ2) is 10.8. The Balaban J connectivity index is 1.79. The minimum absolute atomic E-state index is 0.0500. The number of amidine groups is 1. The van der Waals surface area contributed by atoms with Gasteiger partial charge in [-0.2, -0.15) is 0 Å². The van der Waals surface area contributed by atoms with E-state index in [1.54, 1.807) is 42.5 Å². The summed E-state index contributed by atoms with van der Waals surface area (Å²) >= 11 is 0. The van der Waals surface area contributed by atoms with Gasteiger partial charge in [0.2, 0.25) is 0 Å². The normalized spacial score (nSPS) is 11.8. The fourth-order valence-electron chi connectivity index (χ4n) is 3.53. The fourth-order valence-corrected chi connectivity index (χ4v) is 3.53. The molecule has 0 saturated heterocycles. The van der Waals surface area contributed by atoms with E-state index in [0.717, 1.165) is 10.2 Å². The van der Waals surface area contributed by atoms with Crippen LogP contribution in [0, 0.1) is 18.2 Å². The number of nitrogen functional groups attached to an aromatic ring is 1. The maximum absolute atomic E-state index is 15.7. The van der Waals surface area contributed by atoms with Gasteiger partial charge in [-0.1, -0.05) is 6.07 Å². The van der Waals surface area contributed by atoms with Crippen LogP contribution < -0.4 is 21.5 Å². The minimum Gasteiger partial charge on any atom is -0.488 e. The minimum atomic E-state index is -0.921. The molecule has 12 heteroatoms. The van der Waals surface area contributed by atoms with Crippen LogP contribution in [-0.4, -0.2) is 50.9 Å². The summed E-state index contributed by atoms with van der Waals surface area (Å²) in [4.78, 5) is 23.5. The van der Waals surface area contributed by atoms with E-state index in [-0.39, 0.29) is 35.5 Å². The summed E-state index contributed by atoms with van der Waals surface area (Å²) < 4.78 is 27.3. The Labute approximate surface area is 205 Å². The number of rotatable bonds is 10. The molecule has 11 nitrogen and oxygen atoms in total. The Morgan fingerprint density at radius 3 is 2.61 bits per heavy atom. The van der Waals surface area contributed by atoms with E-state index in [9.17, 15) is 4.79 Å². The molecule has 4 aromatic rings. The van der Waals surface area contributed by atoms with E-state index >= 15 is 4.39 Å². The van der Waals surface area contributed by atoms with Crippen LogP contribution in [0.5, 0.6) is 5.75 Å². The average molecular weight is 493 g/mol. The van der Waals surface area contributed by atoms with Gasteiger partial charge in [-0.15, -0.1) is 9.78 Å². The molecule has 0 aliphatic carbocycles. The van der Waals surface area contributed by atoms with Gasteiger partial charge in [0.1, 0.15) is 18.5 Å². The molecule has 0 aliphatic rings. The van der Waals surface area contributed by atoms with E-state index in [1.807, 2.05) is 6.92 Å². The van der Waals surface area contributed by atoms with E-state index in [4.69, 9.17) is 20.6 Å². The van der Waals surface area contributed by atoms with E-state index in [2.05, 4.69) is 25.4 Å². The Hall–Kier alpha value is -4.58. The number of hydrogen-bond donors (Lipinski definition) is 4. The fraction of sp³-hybridized carbons (Fsp3) is 0.208. The number of nitrogens with one attached hydrogen (secondary N) is 3. The predicted molar refractivity (Wildman–Crippen MR) is 131 cm³/mol. The van der Waals surface area contributed by atoms with Gasteiger partial charge in [0, 0.05) is 36.3 Å². The lowest BCUT2D eigenvalue weighted by atomic mass is 10.0. The molecular formula is C24H25FN8O3. The molecule has 0 fully saturated rings. The molecule has 0 amide bonds. The molecule has 1 atom stereocenters. The highest BCUT2D eigenvalue weighted by Gasteiger charge is 2.26. The second-order valence-electron chi connectivity index (χ2n) is 7.85. The molecule has 1 unspecified atom stereocenters. The van der Waals surface area contributed by atoms with Crippen molar-refractivity contribution in [2.24, 2.45) is 5.73 Å². The number of nitrogens with zero attached hydrogens (tertiary/aromatic N) is 4. The van der Waals surface area contributed by atoms with E-state index < -0.39 is 17.5 Å². The van der Waals surface area contributed by atoms with Crippen LogP contribution in [0.3, 0.4) is 0 Å². The topological polar surface area (TPSA) is 157 Å². The lowest BCUT2D eigenvalue weighted by Crippen LogP contribution is -2.18. The number of ether oxygens (including phenoxy) is 2. The highest BCUT2D eigenvalue weighted by atomic mass is 19.1. The third kappa shape index (κ3) is 5.39. The number of anilines is 1. The first-order chi connectivity index (χ1) is 17.4. The van der Waals surface area contributed by atoms with Gasteiger partial charge in [-0.3, -0.25) is 10.4 Å². The van der Waals surface area contributed by atoms with Gasteiger partial charge >= 0.3 is 5.69 Å². The van der Waals surface area contributed by atoms with Crippen LogP contribution in [0.1, 0.15) is 28.6 Å². The van der Waals surface area contributed by atoms with Crippen LogP contribution in [0.2, 0.25) is 0 Å². The monoisotopic (exact) mass is 492 g/mol. The summed E-state index contributed by atoms with van der Waals surface area (Å²) in [6, 6.07) is 10.6. The smallest absolute Gasteiger partial charge is 0.350 e. The molecule has 0 saturated carbocycles. The molecule has 2 heterocycles. The van der Waals surface area contributed by atoms with Crippen molar-refractivity contribution in [3.8, 4) is 11.7 Å². The Kier molecular flexibility index (Phi) is 7.35. The predicted octanol–water partition coefficient (Wildman–Crippen LogP) is 2.31. The molecule has 36 heavy (non-hydrogen) atoms. The summed E-state index contributed by atoms with van der Waals surface area (Å²) in [6.45, 7) is 2.27. The molecule has 186 valence electrons. The van der Waals surface area contributed by atoms with Crippen molar-refractivity contribution in [1.82, 2.24) is 24.7 Å². The van der Waals surface area contributed by atoms with Crippen LogP contribution in [0.15, 0.2) is 59.7 Å². The van der Waals surface area contributed by atoms with Crippen LogP contribution >= 0.6 is 0 Å². The molecule has 0 bridgehead atoms. The van der Waals surface area contributed by atoms with Crippen molar-refractivity contribution in [2.45, 2.75) is 13.0 Å². The van der Waals surface area contributed by atoms with Crippen molar-refractivity contribution >= 4 is 11.5 Å². The van der Waals surface area contributed by atoms with Gasteiger partial charge in [-0.05, 0) is 48.9 Å². The third-order valence-corrected chi connectivity index (χ3v) is 5.22. The molecule has 0 aliphatic heterocycles. The second-order valence-corrected chi connectivity index (χ2v) is 7.85. The first kappa shape index (κ1) is 24.5. The number of aryl methyl sites for hydroxylation is 1. The Morgan fingerprint density at radius 2 is 1.94 bits per heavy atom. The van der Waals surface area contributed by atoms with Crippen molar-refractivity contribution in [3.63, 3.8) is 0 Å². The number of H-pyrrole nitrogens is 1. The third-order valence-electron chi connectivity index (χ3n) is 5.22. The molecular weight excluding hydrogens is 467 g/mol. The zero-order valence-corrected chi connectivity index (χ0v) is 19.7. The lowest BCUT2D eigenvalue weighted by molar-refractivity contribution is 0.143. The van der Waals surface area contributed by atoms with Gasteiger partial charge in [-0.25, -0.2) is 19.2 Å². The number of halogens is 1. The van der Waals surface area contributed by atoms with E-state index in [1.165, 1.54) is 19.5 Å². The summed E-state index contributed by atoms with van der Waals surface area (Å²) in [6.07, 6.45) is 2.97. The van der Waals surface area contributed by atoms with E-state index in [0.29, 0.717) is 17.9 Å². The van der Waals surface area contributed by atoms with Gasteiger partial charge < -0.3 is 20.5 Å². The number of aromatic amines is 1. The highest BCUT2D eigenvalue weighted by Crippen LogP contribution is 2.32. The number of aromatic nitrogens is 5. The quantitative estimate of drug-likeness (QED) is 0.149. The summed E-state index contributed by atoms with van der Waals surface area (Å²) in [7, 11) is 1.53. The lowest BCUT2D eigenvalue weighted by Gasteiger charge is -2.21. The van der Waals surface area contributed by atoms with Crippen molar-refractivity contribution in [3.05, 3.63) is 93.7 Å². The zero-order valence-electron chi connectivity index (χ0n) is 19.7. The Morgan fingerprint density at radius 1 is 1.22 bits per heavy atom. The van der Waals surface area contributed by atoms with Gasteiger partial charge in [0.05, 0.1) is 6.61 Å². The SMILES string of the molecule is COCCOc1cc(C)cc(C(Nc2ccc(C(=N)N)cc2)c2nn(-c3ncccn3)c(=O)[nH]2)c1F. The maximum atomic E-state index is 15.7. The molecule has 5 N–H and O–H groups in total. The van der Waals surface area contributed by atoms with Crippen molar-refractivity contribution in [2.75, 3.05) is 25.6 Å². The van der Waals surface area contributed by atoms with Crippen LogP contribution in [-0.2, 0) is 4.74 Å². The number of benzene rings is 2. The molecule has 0 radical (unpaired) electrons. The Bertz CT molecular complexity index is 1400. The molecule has 4 rings (SSSR count). The maximum Gasteiger partial charge on any atom is 0.350 e. The standard InChI is InChI=1S/C24H25FN8O3/c1-14-12-17(19(25)18(13-14)36-11-10-35-2)20(30-16-6-4-15(5-7-16)21(26)27)22-31-24(34)33(32-22)23-28-8-3-9-29-23/h3-9,12-13,20,30H,10-11H2,1-2H3,(H3,26,27)(H,31,32,34). The summed E-state index contributed by atoms with van der Waals surface area (Å²) in [5.41, 5.74) is 7.03.